The fourth-order valence-electron chi connectivity index (χ4n) is 1.44. The highest BCUT2D eigenvalue weighted by atomic mass is 16.4. The number of benzene rings is 1. The van der Waals surface area contributed by atoms with Gasteiger partial charge in [-0.15, -0.1) is 5.92 Å². The molecule has 0 bridgehead atoms. The summed E-state index contributed by atoms with van der Waals surface area (Å²) in [5.74, 6) is 4.27. The van der Waals surface area contributed by atoms with Crippen LogP contribution in [0.15, 0.2) is 24.3 Å². The molecule has 0 aliphatic rings. The Bertz CT molecular complexity index is 512. The van der Waals surface area contributed by atoms with Crippen molar-refractivity contribution in [3.63, 3.8) is 0 Å². The van der Waals surface area contributed by atoms with Crippen LogP contribution < -0.4 is 10.2 Å². The molecule has 0 aliphatic carbocycles. The number of carbonyl (C=O) groups excluding carboxylic acids is 1. The lowest BCUT2D eigenvalue weighted by Crippen LogP contribution is -2.43. The fraction of sp³-hybridized carbons (Fsp3) is 0.286. The SMILES string of the molecule is CC#CCNC(=O)N(CC(=O)O)c1ccc(C)cc1. The van der Waals surface area contributed by atoms with Crippen molar-refractivity contribution in [3.8, 4) is 11.8 Å². The number of rotatable bonds is 4. The molecule has 0 saturated carbocycles. The third-order valence-corrected chi connectivity index (χ3v) is 2.39. The molecule has 0 aliphatic heterocycles. The van der Waals surface area contributed by atoms with E-state index in [4.69, 9.17) is 5.11 Å². The lowest BCUT2D eigenvalue weighted by Gasteiger charge is -2.20. The summed E-state index contributed by atoms with van der Waals surface area (Å²) in [4.78, 5) is 23.9. The van der Waals surface area contributed by atoms with Crippen LogP contribution in [0.4, 0.5) is 10.5 Å². The second-order valence-electron chi connectivity index (χ2n) is 3.90. The van der Waals surface area contributed by atoms with Crippen LogP contribution in [-0.4, -0.2) is 30.2 Å². The Labute approximate surface area is 112 Å². The van der Waals surface area contributed by atoms with Crippen molar-refractivity contribution < 1.29 is 14.7 Å². The highest BCUT2D eigenvalue weighted by Crippen LogP contribution is 2.14. The highest BCUT2D eigenvalue weighted by Gasteiger charge is 2.17. The number of aliphatic carboxylic acids is 1. The lowest BCUT2D eigenvalue weighted by molar-refractivity contribution is -0.135. The van der Waals surface area contributed by atoms with Gasteiger partial charge in [-0.1, -0.05) is 23.6 Å². The molecule has 0 fully saturated rings. The number of carbonyl (C=O) groups is 2. The zero-order chi connectivity index (χ0) is 14.3. The van der Waals surface area contributed by atoms with Crippen molar-refractivity contribution >= 4 is 17.7 Å². The van der Waals surface area contributed by atoms with Crippen molar-refractivity contribution in [1.82, 2.24) is 5.32 Å². The maximum Gasteiger partial charge on any atom is 0.323 e. The molecule has 0 radical (unpaired) electrons. The van der Waals surface area contributed by atoms with Crippen molar-refractivity contribution in [3.05, 3.63) is 29.8 Å². The summed E-state index contributed by atoms with van der Waals surface area (Å²) >= 11 is 0. The monoisotopic (exact) mass is 260 g/mol. The maximum absolute atomic E-state index is 11.9. The standard InChI is InChI=1S/C14H16N2O3/c1-3-4-9-15-14(19)16(10-13(17)18)12-7-5-11(2)6-8-12/h5-8H,9-10H2,1-2H3,(H,15,19)(H,17,18). The third kappa shape index (κ3) is 4.72. The Balaban J connectivity index is 2.86. The Hall–Kier alpha value is -2.48. The largest absolute Gasteiger partial charge is 0.480 e. The molecule has 100 valence electrons. The number of hydrogen-bond acceptors (Lipinski definition) is 2. The van der Waals surface area contributed by atoms with Gasteiger partial charge >= 0.3 is 12.0 Å². The van der Waals surface area contributed by atoms with Gasteiger partial charge in [-0.2, -0.15) is 0 Å². The Morgan fingerprint density at radius 1 is 1.32 bits per heavy atom. The summed E-state index contributed by atoms with van der Waals surface area (Å²) in [7, 11) is 0. The van der Waals surface area contributed by atoms with Crippen LogP contribution in [0.1, 0.15) is 12.5 Å². The van der Waals surface area contributed by atoms with E-state index in [1.807, 2.05) is 19.1 Å². The topological polar surface area (TPSA) is 69.6 Å². The number of anilines is 1. The van der Waals surface area contributed by atoms with Gasteiger partial charge in [0.2, 0.25) is 0 Å². The molecule has 0 saturated heterocycles. The summed E-state index contributed by atoms with van der Waals surface area (Å²) in [5.41, 5.74) is 1.58. The van der Waals surface area contributed by atoms with Crippen molar-refractivity contribution in [2.45, 2.75) is 13.8 Å². The number of nitrogens with zero attached hydrogens (tertiary/aromatic N) is 1. The first kappa shape index (κ1) is 14.6. The van der Waals surface area contributed by atoms with Gasteiger partial charge in [-0.05, 0) is 26.0 Å². The zero-order valence-electron chi connectivity index (χ0n) is 10.9. The number of hydrogen-bond donors (Lipinski definition) is 2. The van der Waals surface area contributed by atoms with Crippen LogP contribution in [0.3, 0.4) is 0 Å². The molecule has 19 heavy (non-hydrogen) atoms. The number of amides is 2. The van der Waals surface area contributed by atoms with E-state index in [9.17, 15) is 9.59 Å². The van der Waals surface area contributed by atoms with E-state index in [0.29, 0.717) is 5.69 Å². The van der Waals surface area contributed by atoms with E-state index >= 15 is 0 Å². The number of carboxylic acids is 1. The van der Waals surface area contributed by atoms with Gasteiger partial charge in [-0.3, -0.25) is 9.69 Å². The molecule has 5 heteroatoms. The first-order valence-corrected chi connectivity index (χ1v) is 5.78. The third-order valence-electron chi connectivity index (χ3n) is 2.39. The molecule has 1 aromatic rings. The van der Waals surface area contributed by atoms with Crippen LogP contribution in [0, 0.1) is 18.8 Å². The molecule has 0 heterocycles. The van der Waals surface area contributed by atoms with Gasteiger partial charge in [-0.25, -0.2) is 4.79 Å². The van der Waals surface area contributed by atoms with Crippen molar-refractivity contribution in [2.75, 3.05) is 18.0 Å². The minimum Gasteiger partial charge on any atom is -0.480 e. The average Bonchev–Trinajstić information content (AvgIpc) is 2.37. The quantitative estimate of drug-likeness (QED) is 0.808. The maximum atomic E-state index is 11.9. The van der Waals surface area contributed by atoms with Crippen LogP contribution >= 0.6 is 0 Å². The predicted octanol–water partition coefficient (Wildman–Crippen LogP) is 1.62. The van der Waals surface area contributed by atoms with Gasteiger partial charge in [0.15, 0.2) is 0 Å². The molecule has 2 N–H and O–H groups in total. The van der Waals surface area contributed by atoms with Crippen LogP contribution in [0.25, 0.3) is 0 Å². The molecule has 0 spiro atoms. The normalized spacial score (nSPS) is 9.16. The second kappa shape index (κ2) is 7.07. The van der Waals surface area contributed by atoms with Crippen LogP contribution in [0.5, 0.6) is 0 Å². The highest BCUT2D eigenvalue weighted by molar-refractivity contribution is 5.96. The summed E-state index contributed by atoms with van der Waals surface area (Å²) in [6, 6.07) is 6.59. The molecular formula is C14H16N2O3. The van der Waals surface area contributed by atoms with Gasteiger partial charge < -0.3 is 10.4 Å². The van der Waals surface area contributed by atoms with Crippen LogP contribution in [-0.2, 0) is 4.79 Å². The van der Waals surface area contributed by atoms with Crippen molar-refractivity contribution in [2.24, 2.45) is 0 Å². The number of aryl methyl sites for hydroxylation is 1. The number of urea groups is 1. The molecule has 5 nitrogen and oxygen atoms in total. The Kier molecular flexibility index (Phi) is 5.42. The molecule has 1 rings (SSSR count). The first-order valence-electron chi connectivity index (χ1n) is 5.78. The number of carboxylic acid groups (broad SMARTS) is 1. The molecule has 2 amide bonds. The number of nitrogens with one attached hydrogen (secondary N) is 1. The van der Waals surface area contributed by atoms with Gasteiger partial charge in [0, 0.05) is 5.69 Å². The van der Waals surface area contributed by atoms with Gasteiger partial charge in [0.25, 0.3) is 0 Å². The van der Waals surface area contributed by atoms with E-state index in [-0.39, 0.29) is 6.54 Å². The minimum absolute atomic E-state index is 0.192. The molecule has 0 aromatic heterocycles. The Morgan fingerprint density at radius 3 is 2.47 bits per heavy atom. The zero-order valence-corrected chi connectivity index (χ0v) is 10.9. The van der Waals surface area contributed by atoms with E-state index in [1.54, 1.807) is 19.1 Å². The Morgan fingerprint density at radius 2 is 1.95 bits per heavy atom. The molecular weight excluding hydrogens is 244 g/mol. The molecule has 0 unspecified atom stereocenters. The fourth-order valence-corrected chi connectivity index (χ4v) is 1.44. The molecule has 1 aromatic carbocycles. The van der Waals surface area contributed by atoms with E-state index in [0.717, 1.165) is 5.56 Å². The van der Waals surface area contributed by atoms with E-state index in [2.05, 4.69) is 17.2 Å². The van der Waals surface area contributed by atoms with E-state index < -0.39 is 18.5 Å². The first-order chi connectivity index (χ1) is 9.04. The molecule has 0 atom stereocenters. The van der Waals surface area contributed by atoms with Crippen molar-refractivity contribution in [1.29, 1.82) is 0 Å². The second-order valence-corrected chi connectivity index (χ2v) is 3.90. The lowest BCUT2D eigenvalue weighted by atomic mass is 10.2. The van der Waals surface area contributed by atoms with E-state index in [1.165, 1.54) is 4.90 Å². The van der Waals surface area contributed by atoms with Crippen LogP contribution in [0.2, 0.25) is 0 Å². The summed E-state index contributed by atoms with van der Waals surface area (Å²) in [6.45, 7) is 3.38. The smallest absolute Gasteiger partial charge is 0.323 e. The van der Waals surface area contributed by atoms with Gasteiger partial charge in [0.1, 0.15) is 6.54 Å². The average molecular weight is 260 g/mol. The van der Waals surface area contributed by atoms with Gasteiger partial charge in [0.05, 0.1) is 6.54 Å². The summed E-state index contributed by atoms with van der Waals surface area (Å²) in [5, 5.41) is 11.4. The summed E-state index contributed by atoms with van der Waals surface area (Å²) < 4.78 is 0. The summed E-state index contributed by atoms with van der Waals surface area (Å²) in [6.07, 6.45) is 0. The minimum atomic E-state index is -1.07. The predicted molar refractivity (Wildman–Crippen MR) is 73.0 cm³/mol.